The second kappa shape index (κ2) is 5.73. The summed E-state index contributed by atoms with van der Waals surface area (Å²) in [7, 11) is -4.70. The molecule has 0 aromatic heterocycles. The number of rotatable bonds is 4. The van der Waals surface area contributed by atoms with Crippen LogP contribution >= 0.6 is 0 Å². The number of carbonyl (C=O) groups is 2. The fraction of sp³-hybridized carbons (Fsp3) is 0.125. The highest BCUT2D eigenvalue weighted by atomic mass is 28.4. The molecule has 0 amide bonds. The highest BCUT2D eigenvalue weighted by Crippen LogP contribution is 2.15. The van der Waals surface area contributed by atoms with Crippen LogP contribution in [0.3, 0.4) is 0 Å². The van der Waals surface area contributed by atoms with E-state index in [4.69, 9.17) is 0 Å². The molecule has 0 fully saturated rings. The Hall–Kier alpha value is -2.08. The topological polar surface area (TPSA) is 74.6 Å². The van der Waals surface area contributed by atoms with Gasteiger partial charge in [-0.3, -0.25) is 9.59 Å². The summed E-state index contributed by atoms with van der Waals surface area (Å²) in [4.78, 5) is 44.6. The first-order valence-corrected chi connectivity index (χ1v) is 8.39. The lowest BCUT2D eigenvalue weighted by molar-refractivity contribution is 0.0936. The predicted octanol–water partition coefficient (Wildman–Crippen LogP) is 1.87. The second-order valence-electron chi connectivity index (χ2n) is 5.06. The third kappa shape index (κ3) is 3.16. The normalized spacial score (nSPS) is 11.2. The average molecular weight is 300 g/mol. The minimum atomic E-state index is -4.70. The van der Waals surface area contributed by atoms with E-state index in [0.29, 0.717) is 0 Å². The van der Waals surface area contributed by atoms with E-state index in [1.165, 1.54) is 24.3 Å². The van der Waals surface area contributed by atoms with Gasteiger partial charge in [0.1, 0.15) is 0 Å². The summed E-state index contributed by atoms with van der Waals surface area (Å²) in [6.45, 7) is 3.71. The summed E-state index contributed by atoms with van der Waals surface area (Å²) in [6, 6.07) is 12.7. The van der Waals surface area contributed by atoms with Crippen molar-refractivity contribution in [2.75, 3.05) is 0 Å². The fourth-order valence-corrected chi connectivity index (χ4v) is 3.26. The van der Waals surface area contributed by atoms with Crippen molar-refractivity contribution >= 4 is 19.4 Å². The SMILES string of the molecule is Cc1ccc(C(=O)[Si](O)(O)C(=O)c2ccc(C)cc2)cc1. The quantitative estimate of drug-likeness (QED) is 0.845. The molecule has 108 valence electrons. The van der Waals surface area contributed by atoms with Gasteiger partial charge in [0.15, 0.2) is 0 Å². The molecule has 2 N–H and O–H groups in total. The second-order valence-corrected chi connectivity index (χ2v) is 7.32. The third-order valence-electron chi connectivity index (χ3n) is 3.26. The summed E-state index contributed by atoms with van der Waals surface area (Å²) in [6.07, 6.45) is 0. The summed E-state index contributed by atoms with van der Waals surface area (Å²) >= 11 is 0. The van der Waals surface area contributed by atoms with E-state index in [1.54, 1.807) is 24.3 Å². The minimum Gasteiger partial charge on any atom is -0.400 e. The van der Waals surface area contributed by atoms with E-state index >= 15 is 0 Å². The van der Waals surface area contributed by atoms with Crippen molar-refractivity contribution in [2.24, 2.45) is 0 Å². The fourth-order valence-electron chi connectivity index (χ4n) is 1.92. The van der Waals surface area contributed by atoms with Gasteiger partial charge in [0.2, 0.25) is 10.8 Å². The van der Waals surface area contributed by atoms with Gasteiger partial charge in [-0.2, -0.15) is 0 Å². The van der Waals surface area contributed by atoms with E-state index in [-0.39, 0.29) is 11.1 Å². The van der Waals surface area contributed by atoms with Crippen LogP contribution < -0.4 is 0 Å². The molecule has 21 heavy (non-hydrogen) atoms. The zero-order valence-electron chi connectivity index (χ0n) is 11.8. The van der Waals surface area contributed by atoms with Crippen molar-refractivity contribution in [3.8, 4) is 0 Å². The van der Waals surface area contributed by atoms with Crippen LogP contribution in [0.15, 0.2) is 48.5 Å². The maximum atomic E-state index is 12.2. The van der Waals surface area contributed by atoms with Gasteiger partial charge in [-0.25, -0.2) is 0 Å². The Morgan fingerprint density at radius 2 is 1.00 bits per heavy atom. The zero-order chi connectivity index (χ0) is 15.6. The van der Waals surface area contributed by atoms with Crippen molar-refractivity contribution in [3.63, 3.8) is 0 Å². The summed E-state index contributed by atoms with van der Waals surface area (Å²) in [5, 5.41) is -1.79. The molecule has 2 rings (SSSR count). The van der Waals surface area contributed by atoms with Crippen molar-refractivity contribution in [2.45, 2.75) is 13.8 Å². The standard InChI is InChI=1S/C16H16O4Si/c1-11-3-7-13(8-4-11)15(17)21(19,20)16(18)14-9-5-12(2)6-10-14/h3-10,19-20H,1-2H3. The molecule has 0 atom stereocenters. The van der Waals surface area contributed by atoms with Crippen LogP contribution in [0.2, 0.25) is 0 Å². The molecule has 4 nitrogen and oxygen atoms in total. The van der Waals surface area contributed by atoms with E-state index in [2.05, 4.69) is 0 Å². The van der Waals surface area contributed by atoms with Gasteiger partial charge in [-0.05, 0) is 13.8 Å². The molecule has 0 spiro atoms. The minimum absolute atomic E-state index is 0.137. The van der Waals surface area contributed by atoms with Crippen LogP contribution in [0, 0.1) is 13.8 Å². The van der Waals surface area contributed by atoms with Crippen LogP contribution in [0.4, 0.5) is 0 Å². The van der Waals surface area contributed by atoms with Crippen LogP contribution in [0.1, 0.15) is 31.8 Å². The molecule has 0 aliphatic rings. The van der Waals surface area contributed by atoms with Crippen LogP contribution in [0.25, 0.3) is 0 Å². The molecule has 0 radical (unpaired) electrons. The Morgan fingerprint density at radius 3 is 1.29 bits per heavy atom. The van der Waals surface area contributed by atoms with Gasteiger partial charge in [0.25, 0.3) is 0 Å². The molecule has 0 heterocycles. The van der Waals surface area contributed by atoms with Crippen LogP contribution in [-0.2, 0) is 0 Å². The molecular weight excluding hydrogens is 284 g/mol. The lowest BCUT2D eigenvalue weighted by Gasteiger charge is -2.15. The van der Waals surface area contributed by atoms with E-state index < -0.39 is 19.4 Å². The molecule has 0 saturated carbocycles. The summed E-state index contributed by atoms with van der Waals surface area (Å²) in [5.41, 5.74) is 2.16. The van der Waals surface area contributed by atoms with Crippen molar-refractivity contribution < 1.29 is 19.2 Å². The zero-order valence-corrected chi connectivity index (χ0v) is 12.8. The molecular formula is C16H16O4Si. The number of benzene rings is 2. The van der Waals surface area contributed by atoms with Crippen molar-refractivity contribution in [1.29, 1.82) is 0 Å². The van der Waals surface area contributed by atoms with Crippen molar-refractivity contribution in [3.05, 3.63) is 70.8 Å². The predicted molar refractivity (Wildman–Crippen MR) is 81.2 cm³/mol. The van der Waals surface area contributed by atoms with Crippen molar-refractivity contribution in [1.82, 2.24) is 0 Å². The molecule has 0 aliphatic heterocycles. The number of carbonyl (C=O) groups excluding carboxylic acids is 2. The molecule has 0 unspecified atom stereocenters. The van der Waals surface area contributed by atoms with Gasteiger partial charge in [0, 0.05) is 11.1 Å². The number of aryl methyl sites for hydroxylation is 2. The maximum Gasteiger partial charge on any atom is 0.486 e. The van der Waals surface area contributed by atoms with Gasteiger partial charge >= 0.3 is 8.56 Å². The Balaban J connectivity index is 2.32. The maximum absolute atomic E-state index is 12.2. The average Bonchev–Trinajstić information content (AvgIpc) is 2.47. The Bertz CT molecular complexity index is 613. The first kappa shape index (κ1) is 15.3. The summed E-state index contributed by atoms with van der Waals surface area (Å²) < 4.78 is 0. The number of hydrogen-bond acceptors (Lipinski definition) is 4. The van der Waals surface area contributed by atoms with Gasteiger partial charge in [0.05, 0.1) is 0 Å². The van der Waals surface area contributed by atoms with Crippen LogP contribution in [0.5, 0.6) is 0 Å². The van der Waals surface area contributed by atoms with Gasteiger partial charge < -0.3 is 9.59 Å². The van der Waals surface area contributed by atoms with E-state index in [1.807, 2.05) is 13.8 Å². The molecule has 2 aromatic rings. The Labute approximate surface area is 123 Å². The molecule has 2 aromatic carbocycles. The molecule has 5 heteroatoms. The number of hydrogen-bond donors (Lipinski definition) is 2. The summed E-state index contributed by atoms with van der Waals surface area (Å²) in [5.74, 6) is 0. The Morgan fingerprint density at radius 1 is 0.714 bits per heavy atom. The first-order valence-electron chi connectivity index (χ1n) is 6.50. The van der Waals surface area contributed by atoms with E-state index in [0.717, 1.165) is 11.1 Å². The Kier molecular flexibility index (Phi) is 4.18. The first-order chi connectivity index (χ1) is 9.82. The highest BCUT2D eigenvalue weighted by molar-refractivity contribution is 7.18. The van der Waals surface area contributed by atoms with Crippen LogP contribution in [-0.4, -0.2) is 29.0 Å². The van der Waals surface area contributed by atoms with E-state index in [9.17, 15) is 19.2 Å². The third-order valence-corrected chi connectivity index (χ3v) is 5.10. The van der Waals surface area contributed by atoms with Gasteiger partial charge in [-0.15, -0.1) is 0 Å². The molecule has 0 saturated heterocycles. The lowest BCUT2D eigenvalue weighted by atomic mass is 10.2. The largest absolute Gasteiger partial charge is 0.486 e. The molecule has 0 bridgehead atoms. The van der Waals surface area contributed by atoms with Gasteiger partial charge in [-0.1, -0.05) is 59.7 Å². The monoisotopic (exact) mass is 300 g/mol. The molecule has 0 aliphatic carbocycles. The highest BCUT2D eigenvalue weighted by Gasteiger charge is 2.48. The smallest absolute Gasteiger partial charge is 0.400 e. The lowest BCUT2D eigenvalue weighted by Crippen LogP contribution is -2.53.